The number of halogens is 2. The highest BCUT2D eigenvalue weighted by Crippen LogP contribution is 2.44. The lowest BCUT2D eigenvalue weighted by atomic mass is 9.70. The maximum absolute atomic E-state index is 14.5. The normalized spacial score (nSPS) is 14.7. The van der Waals surface area contributed by atoms with E-state index in [2.05, 4.69) is 10.1 Å². The van der Waals surface area contributed by atoms with E-state index >= 15 is 0 Å². The Morgan fingerprint density at radius 3 is 2.34 bits per heavy atom. The van der Waals surface area contributed by atoms with Crippen LogP contribution in [-0.2, 0) is 16.1 Å². The van der Waals surface area contributed by atoms with E-state index in [1.54, 1.807) is 11.6 Å². The zero-order chi connectivity index (χ0) is 23.7. The van der Waals surface area contributed by atoms with E-state index in [9.17, 15) is 13.6 Å². The van der Waals surface area contributed by atoms with Gasteiger partial charge >= 0.3 is 0 Å². The predicted octanol–water partition coefficient (Wildman–Crippen LogP) is 4.29. The molecule has 0 aliphatic carbocycles. The van der Waals surface area contributed by atoms with Gasteiger partial charge in [0.1, 0.15) is 17.5 Å². The first-order valence-electron chi connectivity index (χ1n) is 10.3. The third-order valence-corrected chi connectivity index (χ3v) is 5.63. The van der Waals surface area contributed by atoms with Crippen molar-refractivity contribution in [3.05, 3.63) is 71.6 Å². The number of methoxy groups -OCH3 is 1. The average molecular weight is 443 g/mol. The second-order valence-electron chi connectivity index (χ2n) is 9.04. The molecular formula is C24H28F2N4O2. The number of primary amides is 1. The van der Waals surface area contributed by atoms with E-state index < -0.39 is 34.5 Å². The van der Waals surface area contributed by atoms with Crippen LogP contribution < -0.4 is 5.73 Å². The summed E-state index contributed by atoms with van der Waals surface area (Å²) in [6.45, 7) is 7.71. The molecule has 1 amide bonds. The van der Waals surface area contributed by atoms with Gasteiger partial charge in [-0.2, -0.15) is 5.10 Å². The van der Waals surface area contributed by atoms with Crippen molar-refractivity contribution in [1.29, 1.82) is 0 Å². The summed E-state index contributed by atoms with van der Waals surface area (Å²) in [5.74, 6) is -2.14. The molecule has 0 aliphatic rings. The van der Waals surface area contributed by atoms with E-state index in [1.807, 2.05) is 51.1 Å². The van der Waals surface area contributed by atoms with Gasteiger partial charge in [0.2, 0.25) is 5.91 Å². The summed E-state index contributed by atoms with van der Waals surface area (Å²) in [5, 5.41) is 4.51. The maximum atomic E-state index is 14.5. The Hall–Kier alpha value is -3.13. The van der Waals surface area contributed by atoms with Gasteiger partial charge in [-0.1, -0.05) is 51.1 Å². The lowest BCUT2D eigenvalue weighted by Crippen LogP contribution is -2.52. The average Bonchev–Trinajstić information content (AvgIpc) is 3.11. The molecule has 3 rings (SSSR count). The van der Waals surface area contributed by atoms with Crippen LogP contribution in [0.2, 0.25) is 0 Å². The van der Waals surface area contributed by atoms with Crippen LogP contribution in [0.5, 0.6) is 0 Å². The van der Waals surface area contributed by atoms with E-state index in [-0.39, 0.29) is 11.4 Å². The minimum atomic E-state index is -1.42. The first-order valence-corrected chi connectivity index (χ1v) is 10.3. The second kappa shape index (κ2) is 8.78. The fraction of sp³-hybridized carbons (Fsp3) is 0.375. The van der Waals surface area contributed by atoms with Gasteiger partial charge in [-0.05, 0) is 36.1 Å². The summed E-state index contributed by atoms with van der Waals surface area (Å²) in [5.41, 5.74) is 4.65. The first-order chi connectivity index (χ1) is 15.0. The van der Waals surface area contributed by atoms with Crippen molar-refractivity contribution in [1.82, 2.24) is 14.8 Å². The van der Waals surface area contributed by atoms with Crippen molar-refractivity contribution in [3.63, 3.8) is 0 Å². The number of benzene rings is 2. The van der Waals surface area contributed by atoms with Crippen LogP contribution in [0.1, 0.15) is 45.0 Å². The van der Waals surface area contributed by atoms with Crippen LogP contribution in [0.4, 0.5) is 8.78 Å². The van der Waals surface area contributed by atoms with Gasteiger partial charge in [0, 0.05) is 7.11 Å². The Morgan fingerprint density at radius 2 is 1.78 bits per heavy atom. The van der Waals surface area contributed by atoms with Crippen LogP contribution in [-0.4, -0.2) is 33.4 Å². The number of nitrogens with zero attached hydrogens (tertiary/aromatic N) is 3. The van der Waals surface area contributed by atoms with Gasteiger partial charge in [-0.15, -0.1) is 0 Å². The molecule has 0 spiro atoms. The predicted molar refractivity (Wildman–Crippen MR) is 118 cm³/mol. The molecule has 0 bridgehead atoms. The van der Waals surface area contributed by atoms with Crippen molar-refractivity contribution in [2.45, 2.75) is 45.8 Å². The number of hydrogen-bond acceptors (Lipinski definition) is 4. The summed E-state index contributed by atoms with van der Waals surface area (Å²) in [6, 6.07) is 12.6. The van der Waals surface area contributed by atoms with Gasteiger partial charge in [0.25, 0.3) is 0 Å². The Morgan fingerprint density at radius 1 is 1.12 bits per heavy atom. The summed E-state index contributed by atoms with van der Waals surface area (Å²) >= 11 is 0. The molecule has 1 unspecified atom stereocenters. The van der Waals surface area contributed by atoms with Crippen molar-refractivity contribution in [2.24, 2.45) is 11.1 Å². The molecule has 2 aromatic carbocycles. The molecule has 2 N–H and O–H groups in total. The number of carbonyl (C=O) groups excluding carboxylic acids is 1. The molecule has 0 aliphatic heterocycles. The molecule has 6 nitrogen and oxygen atoms in total. The highest BCUT2D eigenvalue weighted by atomic mass is 19.1. The van der Waals surface area contributed by atoms with Crippen LogP contribution in [0.15, 0.2) is 48.5 Å². The van der Waals surface area contributed by atoms with Crippen LogP contribution in [0, 0.1) is 17.0 Å². The first kappa shape index (κ1) is 23.5. The fourth-order valence-corrected chi connectivity index (χ4v) is 4.04. The summed E-state index contributed by atoms with van der Waals surface area (Å²) < 4.78 is 35.6. The molecule has 0 radical (unpaired) electrons. The molecule has 0 saturated carbocycles. The highest BCUT2D eigenvalue weighted by Gasteiger charge is 2.50. The smallest absolute Gasteiger partial charge is 0.250 e. The number of nitrogens with two attached hydrogens (primary N) is 1. The zero-order valence-electron chi connectivity index (χ0n) is 18.9. The van der Waals surface area contributed by atoms with Gasteiger partial charge in [-0.25, -0.2) is 18.4 Å². The van der Waals surface area contributed by atoms with Crippen LogP contribution in [0.25, 0.3) is 11.4 Å². The summed E-state index contributed by atoms with van der Waals surface area (Å²) in [7, 11) is 1.41. The van der Waals surface area contributed by atoms with Crippen LogP contribution in [0.3, 0.4) is 0 Å². The number of ether oxygens (including phenoxy) is 1. The molecule has 1 heterocycles. The molecule has 2 atom stereocenters. The highest BCUT2D eigenvalue weighted by molar-refractivity contribution is 5.84. The molecular weight excluding hydrogens is 414 g/mol. The van der Waals surface area contributed by atoms with Gasteiger partial charge in [-0.3, -0.25) is 4.79 Å². The summed E-state index contributed by atoms with van der Waals surface area (Å²) in [4.78, 5) is 17.1. The number of carbonyl (C=O) groups is 1. The molecule has 1 aromatic heterocycles. The zero-order valence-corrected chi connectivity index (χ0v) is 18.9. The molecule has 0 fully saturated rings. The van der Waals surface area contributed by atoms with Crippen LogP contribution >= 0.6 is 0 Å². The molecule has 8 heteroatoms. The number of hydrogen-bond donors (Lipinski definition) is 1. The topological polar surface area (TPSA) is 83.0 Å². The van der Waals surface area contributed by atoms with E-state index in [0.717, 1.165) is 23.8 Å². The van der Waals surface area contributed by atoms with E-state index in [0.29, 0.717) is 12.4 Å². The standard InChI is InChI=1S/C24H28F2N4O2/c1-23(2,3)19(24(4,32-5)22(27)31)21-28-20(17-13-16(25)11-12-18(17)26)29-30(21)14-15-9-7-6-8-10-15/h6-13,19H,14H2,1-5H3,(H2,27,31)/t19-,24?/m0/s1. The molecule has 170 valence electrons. The Labute approximate surface area is 186 Å². The van der Waals surface area contributed by atoms with Gasteiger partial charge in [0.15, 0.2) is 11.4 Å². The lowest BCUT2D eigenvalue weighted by molar-refractivity contribution is -0.145. The molecule has 0 saturated heterocycles. The minimum absolute atomic E-state index is 0.0186. The Kier molecular flexibility index (Phi) is 6.46. The van der Waals surface area contributed by atoms with E-state index in [1.165, 1.54) is 7.11 Å². The fourth-order valence-electron chi connectivity index (χ4n) is 4.04. The Bertz CT molecular complexity index is 1110. The molecule has 32 heavy (non-hydrogen) atoms. The largest absolute Gasteiger partial charge is 0.368 e. The summed E-state index contributed by atoms with van der Waals surface area (Å²) in [6.07, 6.45) is 0. The second-order valence-corrected chi connectivity index (χ2v) is 9.04. The minimum Gasteiger partial charge on any atom is -0.368 e. The number of amides is 1. The Balaban J connectivity index is 2.26. The molecule has 3 aromatic rings. The number of rotatable bonds is 7. The lowest BCUT2D eigenvalue weighted by Gasteiger charge is -2.41. The third-order valence-electron chi connectivity index (χ3n) is 5.63. The maximum Gasteiger partial charge on any atom is 0.250 e. The van der Waals surface area contributed by atoms with Crippen molar-refractivity contribution in [3.8, 4) is 11.4 Å². The van der Waals surface area contributed by atoms with Gasteiger partial charge in [0.05, 0.1) is 18.0 Å². The SMILES string of the molecule is COC(C)(C(N)=O)[C@@H](c1nc(-c2cc(F)ccc2F)nn1Cc1ccccc1)C(C)(C)C. The quantitative estimate of drug-likeness (QED) is 0.592. The van der Waals surface area contributed by atoms with Crippen molar-refractivity contribution < 1.29 is 18.3 Å². The van der Waals surface area contributed by atoms with Crippen molar-refractivity contribution in [2.75, 3.05) is 7.11 Å². The third kappa shape index (κ3) is 4.55. The monoisotopic (exact) mass is 442 g/mol. The van der Waals surface area contributed by atoms with Crippen molar-refractivity contribution >= 4 is 5.91 Å². The number of aromatic nitrogens is 3. The van der Waals surface area contributed by atoms with E-state index in [4.69, 9.17) is 10.5 Å². The van der Waals surface area contributed by atoms with Gasteiger partial charge < -0.3 is 10.5 Å².